The van der Waals surface area contributed by atoms with E-state index in [-0.39, 0.29) is 24.1 Å². The van der Waals surface area contributed by atoms with Crippen LogP contribution in [0, 0.1) is 12.7 Å². The highest BCUT2D eigenvalue weighted by atomic mass is 19.1. The maximum atomic E-state index is 13.3. The monoisotopic (exact) mass is 342 g/mol. The number of halogens is 1. The lowest BCUT2D eigenvalue weighted by Gasteiger charge is -2.32. The third-order valence-corrected chi connectivity index (χ3v) is 5.05. The normalized spacial score (nSPS) is 18.4. The van der Waals surface area contributed by atoms with Gasteiger partial charge in [-0.3, -0.25) is 0 Å². The van der Waals surface area contributed by atoms with E-state index in [4.69, 9.17) is 14.0 Å². The van der Waals surface area contributed by atoms with Gasteiger partial charge < -0.3 is 14.0 Å². The lowest BCUT2D eigenvalue weighted by molar-refractivity contribution is 0.00578. The molecule has 1 aliphatic heterocycles. The first-order valence-corrected chi connectivity index (χ1v) is 8.51. The number of aryl methyl sites for hydroxylation is 1. The third kappa shape index (κ3) is 3.72. The van der Waals surface area contributed by atoms with Crippen LogP contribution in [0.2, 0.25) is 0 Å². The van der Waals surface area contributed by atoms with Crippen LogP contribution in [0.3, 0.4) is 0 Å². The molecule has 0 N–H and O–H groups in total. The van der Waals surface area contributed by atoms with Crippen molar-refractivity contribution in [2.24, 2.45) is 0 Å². The molecular weight excluding hydrogens is 318 g/mol. The Hall–Kier alpha value is -1.85. The second-order valence-corrected chi connectivity index (χ2v) is 7.53. The van der Waals surface area contributed by atoms with Crippen molar-refractivity contribution >= 4 is 12.6 Å². The smallest absolute Gasteiger partial charge is 0.489 e. The van der Waals surface area contributed by atoms with Gasteiger partial charge in [0.1, 0.15) is 18.2 Å². The van der Waals surface area contributed by atoms with Crippen molar-refractivity contribution < 1.29 is 18.4 Å². The van der Waals surface area contributed by atoms with Gasteiger partial charge in [0, 0.05) is 6.07 Å². The van der Waals surface area contributed by atoms with E-state index in [1.165, 1.54) is 12.1 Å². The summed E-state index contributed by atoms with van der Waals surface area (Å²) in [4.78, 5) is 0. The minimum absolute atomic E-state index is 0.295. The van der Waals surface area contributed by atoms with Crippen LogP contribution < -0.4 is 10.2 Å². The molecule has 0 amide bonds. The largest absolute Gasteiger partial charge is 0.494 e. The van der Waals surface area contributed by atoms with Crippen LogP contribution in [0.1, 0.15) is 38.8 Å². The summed E-state index contributed by atoms with van der Waals surface area (Å²) in [7, 11) is -0.370. The molecule has 0 unspecified atom stereocenters. The van der Waals surface area contributed by atoms with Crippen LogP contribution in [0.25, 0.3) is 0 Å². The molecule has 132 valence electrons. The van der Waals surface area contributed by atoms with E-state index in [0.29, 0.717) is 12.4 Å². The fraction of sp³-hybridized carbons (Fsp3) is 0.400. The molecule has 1 aliphatic rings. The van der Waals surface area contributed by atoms with Crippen molar-refractivity contribution in [1.29, 1.82) is 0 Å². The standard InChI is InChI=1S/C20H24BFO3/c1-14-6-11-17(22)12-18(14)23-13-15-7-9-16(10-8-15)21-24-19(2,3)20(4,5)25-21/h6-12H,13H2,1-5H3. The van der Waals surface area contributed by atoms with Crippen LogP contribution in [0.15, 0.2) is 42.5 Å². The average molecular weight is 342 g/mol. The van der Waals surface area contributed by atoms with Gasteiger partial charge in [-0.05, 0) is 57.3 Å². The summed E-state index contributed by atoms with van der Waals surface area (Å²) in [5.41, 5.74) is 2.19. The fourth-order valence-corrected chi connectivity index (χ4v) is 2.64. The second kappa shape index (κ2) is 6.47. The molecule has 25 heavy (non-hydrogen) atoms. The van der Waals surface area contributed by atoms with Crippen molar-refractivity contribution in [3.8, 4) is 5.75 Å². The molecule has 2 aromatic carbocycles. The molecule has 0 atom stereocenters. The summed E-state index contributed by atoms with van der Waals surface area (Å²) >= 11 is 0. The molecule has 0 radical (unpaired) electrons. The van der Waals surface area contributed by atoms with Crippen molar-refractivity contribution in [3.63, 3.8) is 0 Å². The third-order valence-electron chi connectivity index (χ3n) is 5.05. The minimum Gasteiger partial charge on any atom is -0.489 e. The molecule has 3 rings (SSSR count). The predicted octanol–water partition coefficient (Wildman–Crippen LogP) is 4.01. The maximum Gasteiger partial charge on any atom is 0.494 e. The molecular formula is C20H24BFO3. The van der Waals surface area contributed by atoms with Gasteiger partial charge in [0.15, 0.2) is 0 Å². The number of hydrogen-bond donors (Lipinski definition) is 0. The van der Waals surface area contributed by atoms with Gasteiger partial charge in [0.25, 0.3) is 0 Å². The quantitative estimate of drug-likeness (QED) is 0.786. The van der Waals surface area contributed by atoms with Gasteiger partial charge in [-0.15, -0.1) is 0 Å². The molecule has 1 saturated heterocycles. The topological polar surface area (TPSA) is 27.7 Å². The number of rotatable bonds is 4. The van der Waals surface area contributed by atoms with Gasteiger partial charge >= 0.3 is 7.12 Å². The SMILES string of the molecule is Cc1ccc(F)cc1OCc1ccc(B2OC(C)(C)C(C)(C)O2)cc1. The van der Waals surface area contributed by atoms with E-state index in [0.717, 1.165) is 16.6 Å². The highest BCUT2D eigenvalue weighted by molar-refractivity contribution is 6.62. The summed E-state index contributed by atoms with van der Waals surface area (Å²) in [6, 6.07) is 12.5. The Labute approximate surface area is 149 Å². The molecule has 3 nitrogen and oxygen atoms in total. The summed E-state index contributed by atoms with van der Waals surface area (Å²) in [6.07, 6.45) is 0. The van der Waals surface area contributed by atoms with Crippen molar-refractivity contribution in [1.82, 2.24) is 0 Å². The predicted molar refractivity (Wildman–Crippen MR) is 97.6 cm³/mol. The molecule has 0 aromatic heterocycles. The van der Waals surface area contributed by atoms with Gasteiger partial charge in [-0.2, -0.15) is 0 Å². The van der Waals surface area contributed by atoms with Gasteiger partial charge in [0.2, 0.25) is 0 Å². The van der Waals surface area contributed by atoms with E-state index in [9.17, 15) is 4.39 Å². The number of benzene rings is 2. The van der Waals surface area contributed by atoms with E-state index in [2.05, 4.69) is 0 Å². The highest BCUT2D eigenvalue weighted by Crippen LogP contribution is 2.36. The second-order valence-electron chi connectivity index (χ2n) is 7.53. The van der Waals surface area contributed by atoms with E-state index in [1.54, 1.807) is 6.07 Å². The lowest BCUT2D eigenvalue weighted by atomic mass is 9.79. The molecule has 0 bridgehead atoms. The summed E-state index contributed by atoms with van der Waals surface area (Å²) < 4.78 is 31.2. The molecule has 2 aromatic rings. The number of ether oxygens (including phenoxy) is 1. The van der Waals surface area contributed by atoms with Crippen LogP contribution in [-0.4, -0.2) is 18.3 Å². The van der Waals surface area contributed by atoms with E-state index < -0.39 is 0 Å². The zero-order valence-electron chi connectivity index (χ0n) is 15.4. The van der Waals surface area contributed by atoms with E-state index in [1.807, 2.05) is 58.9 Å². The maximum absolute atomic E-state index is 13.3. The van der Waals surface area contributed by atoms with Crippen LogP contribution in [0.4, 0.5) is 4.39 Å². The van der Waals surface area contributed by atoms with Gasteiger partial charge in [0.05, 0.1) is 11.2 Å². The Balaban J connectivity index is 1.66. The molecule has 5 heteroatoms. The Bertz CT molecular complexity index is 740. The Morgan fingerprint density at radius 2 is 1.56 bits per heavy atom. The van der Waals surface area contributed by atoms with E-state index >= 15 is 0 Å². The molecule has 1 heterocycles. The first kappa shape index (κ1) is 18.0. The van der Waals surface area contributed by atoms with Crippen LogP contribution >= 0.6 is 0 Å². The summed E-state index contributed by atoms with van der Waals surface area (Å²) in [5, 5.41) is 0. The Morgan fingerprint density at radius 3 is 2.16 bits per heavy atom. The van der Waals surface area contributed by atoms with Crippen molar-refractivity contribution in [2.75, 3.05) is 0 Å². The average Bonchev–Trinajstić information content (AvgIpc) is 2.77. The molecule has 0 saturated carbocycles. The number of hydrogen-bond acceptors (Lipinski definition) is 3. The van der Waals surface area contributed by atoms with Crippen LogP contribution in [-0.2, 0) is 15.9 Å². The molecule has 0 aliphatic carbocycles. The first-order valence-electron chi connectivity index (χ1n) is 8.51. The van der Waals surface area contributed by atoms with Crippen LogP contribution in [0.5, 0.6) is 5.75 Å². The summed E-state index contributed by atoms with van der Waals surface area (Å²) in [6.45, 7) is 10.4. The Kier molecular flexibility index (Phi) is 4.65. The van der Waals surface area contributed by atoms with Crippen molar-refractivity contribution in [3.05, 3.63) is 59.4 Å². The Morgan fingerprint density at radius 1 is 0.960 bits per heavy atom. The first-order chi connectivity index (χ1) is 11.7. The van der Waals surface area contributed by atoms with Gasteiger partial charge in [-0.25, -0.2) is 4.39 Å². The highest BCUT2D eigenvalue weighted by Gasteiger charge is 2.51. The lowest BCUT2D eigenvalue weighted by Crippen LogP contribution is -2.41. The van der Waals surface area contributed by atoms with Crippen molar-refractivity contribution in [2.45, 2.75) is 52.4 Å². The molecule has 0 spiro atoms. The minimum atomic E-state index is -0.370. The summed E-state index contributed by atoms with van der Waals surface area (Å²) in [5.74, 6) is 0.270. The zero-order valence-corrected chi connectivity index (χ0v) is 15.4. The molecule has 1 fully saturated rings. The fourth-order valence-electron chi connectivity index (χ4n) is 2.64. The zero-order chi connectivity index (χ0) is 18.2. The van der Waals surface area contributed by atoms with Gasteiger partial charge in [-0.1, -0.05) is 30.3 Å².